The van der Waals surface area contributed by atoms with E-state index in [1.54, 1.807) is 0 Å². The molecule has 4 aromatic rings. The maximum absolute atomic E-state index is 4.53. The number of aryl methyl sites for hydroxylation is 1. The molecule has 0 fully saturated rings. The smallest absolute Gasteiger partial charge is 0.0970 e. The minimum Gasteiger partial charge on any atom is -0.254 e. The molecular weight excluding hydrogens is 232 g/mol. The number of benzene rings is 2. The highest BCUT2D eigenvalue weighted by atomic mass is 14.7. The molecule has 0 atom stereocenters. The molecule has 2 nitrogen and oxygen atoms in total. The molecule has 4 rings (SSSR count). The number of aromatic nitrogens is 2. The van der Waals surface area contributed by atoms with Crippen LogP contribution in [0.15, 0.2) is 54.9 Å². The van der Waals surface area contributed by atoms with Crippen LogP contribution in [-0.4, -0.2) is 9.97 Å². The van der Waals surface area contributed by atoms with Crippen LogP contribution in [0.5, 0.6) is 0 Å². The molecule has 90 valence electrons. The van der Waals surface area contributed by atoms with Crippen molar-refractivity contribution in [2.75, 3.05) is 0 Å². The topological polar surface area (TPSA) is 25.8 Å². The summed E-state index contributed by atoms with van der Waals surface area (Å²) in [4.78, 5) is 9.05. The number of hydrogen-bond donors (Lipinski definition) is 0. The number of rotatable bonds is 0. The van der Waals surface area contributed by atoms with Crippen LogP contribution in [0.25, 0.3) is 32.6 Å². The van der Waals surface area contributed by atoms with Crippen molar-refractivity contribution in [2.45, 2.75) is 6.92 Å². The summed E-state index contributed by atoms with van der Waals surface area (Å²) in [5, 5.41) is 4.84. The van der Waals surface area contributed by atoms with Gasteiger partial charge in [0.2, 0.25) is 0 Å². The fourth-order valence-corrected chi connectivity index (χ4v) is 2.74. The van der Waals surface area contributed by atoms with Gasteiger partial charge in [-0.25, -0.2) is 0 Å². The van der Waals surface area contributed by atoms with E-state index in [2.05, 4.69) is 47.2 Å². The summed E-state index contributed by atoms with van der Waals surface area (Å²) >= 11 is 0. The third-order valence-corrected chi connectivity index (χ3v) is 3.60. The molecule has 0 aliphatic heterocycles. The lowest BCUT2D eigenvalue weighted by atomic mass is 9.98. The van der Waals surface area contributed by atoms with Crippen LogP contribution in [-0.2, 0) is 0 Å². The van der Waals surface area contributed by atoms with E-state index >= 15 is 0 Å². The van der Waals surface area contributed by atoms with Crippen LogP contribution in [0, 0.1) is 6.92 Å². The molecule has 0 bridgehead atoms. The molecule has 0 saturated heterocycles. The summed E-state index contributed by atoms with van der Waals surface area (Å²) in [6.45, 7) is 2.12. The Labute approximate surface area is 110 Å². The Morgan fingerprint density at radius 2 is 1.32 bits per heavy atom. The van der Waals surface area contributed by atoms with Crippen molar-refractivity contribution in [2.24, 2.45) is 0 Å². The standard InChI is InChI=1S/C17H12N2/c1-11-6-7-12-13-4-2-8-18-16(13)17-14(15(12)10-11)5-3-9-19-17/h2-10H,1H3. The zero-order chi connectivity index (χ0) is 12.8. The van der Waals surface area contributed by atoms with E-state index in [1.165, 1.54) is 27.1 Å². The third kappa shape index (κ3) is 1.43. The molecule has 2 aromatic heterocycles. The molecule has 0 amide bonds. The fraction of sp³-hybridized carbons (Fsp3) is 0.0588. The molecule has 0 aliphatic carbocycles. The van der Waals surface area contributed by atoms with Crippen LogP contribution in [0.3, 0.4) is 0 Å². The van der Waals surface area contributed by atoms with Gasteiger partial charge >= 0.3 is 0 Å². The van der Waals surface area contributed by atoms with Gasteiger partial charge in [0.1, 0.15) is 0 Å². The minimum atomic E-state index is 0.981. The predicted octanol–water partition coefficient (Wildman–Crippen LogP) is 4.24. The molecule has 2 aromatic carbocycles. The molecule has 2 heteroatoms. The van der Waals surface area contributed by atoms with E-state index in [0.717, 1.165) is 11.0 Å². The van der Waals surface area contributed by atoms with Gasteiger partial charge < -0.3 is 0 Å². The van der Waals surface area contributed by atoms with Crippen molar-refractivity contribution in [1.82, 2.24) is 9.97 Å². The van der Waals surface area contributed by atoms with Crippen LogP contribution in [0.4, 0.5) is 0 Å². The number of fused-ring (bicyclic) bond motifs is 6. The van der Waals surface area contributed by atoms with Gasteiger partial charge in [0.05, 0.1) is 11.0 Å². The molecule has 0 saturated carbocycles. The first-order valence-electron chi connectivity index (χ1n) is 6.36. The molecule has 19 heavy (non-hydrogen) atoms. The Balaban J connectivity index is 2.43. The van der Waals surface area contributed by atoms with Crippen LogP contribution in [0.1, 0.15) is 5.56 Å². The maximum Gasteiger partial charge on any atom is 0.0970 e. The quantitative estimate of drug-likeness (QED) is 0.432. The third-order valence-electron chi connectivity index (χ3n) is 3.60. The number of hydrogen-bond acceptors (Lipinski definition) is 2. The van der Waals surface area contributed by atoms with Gasteiger partial charge in [-0.3, -0.25) is 9.97 Å². The van der Waals surface area contributed by atoms with E-state index in [9.17, 15) is 0 Å². The molecule has 0 spiro atoms. The molecular formula is C17H12N2. The first-order valence-corrected chi connectivity index (χ1v) is 6.36. The Hall–Kier alpha value is -2.48. The zero-order valence-corrected chi connectivity index (χ0v) is 10.6. The van der Waals surface area contributed by atoms with Gasteiger partial charge in [-0.2, -0.15) is 0 Å². The molecule has 0 radical (unpaired) electrons. The number of nitrogens with zero attached hydrogens (tertiary/aromatic N) is 2. The first kappa shape index (κ1) is 10.4. The van der Waals surface area contributed by atoms with E-state index in [0.29, 0.717) is 0 Å². The SMILES string of the molecule is Cc1ccc2c(c1)c1cccnc1c1ncccc21. The van der Waals surface area contributed by atoms with E-state index in [4.69, 9.17) is 0 Å². The minimum absolute atomic E-state index is 0.981. The van der Waals surface area contributed by atoms with Crippen molar-refractivity contribution >= 4 is 32.6 Å². The lowest BCUT2D eigenvalue weighted by molar-refractivity contribution is 1.38. The highest BCUT2D eigenvalue weighted by Crippen LogP contribution is 2.32. The predicted molar refractivity (Wildman–Crippen MR) is 79.3 cm³/mol. The second-order valence-corrected chi connectivity index (χ2v) is 4.85. The lowest BCUT2D eigenvalue weighted by Gasteiger charge is -2.09. The van der Waals surface area contributed by atoms with Crippen LogP contribution >= 0.6 is 0 Å². The van der Waals surface area contributed by atoms with Crippen molar-refractivity contribution in [3.8, 4) is 0 Å². The van der Waals surface area contributed by atoms with Crippen LogP contribution in [0.2, 0.25) is 0 Å². The lowest BCUT2D eigenvalue weighted by Crippen LogP contribution is -1.88. The van der Waals surface area contributed by atoms with E-state index in [-0.39, 0.29) is 0 Å². The molecule has 0 N–H and O–H groups in total. The summed E-state index contributed by atoms with van der Waals surface area (Å²) in [7, 11) is 0. The maximum atomic E-state index is 4.53. The van der Waals surface area contributed by atoms with Crippen LogP contribution < -0.4 is 0 Å². The van der Waals surface area contributed by atoms with Crippen molar-refractivity contribution in [1.29, 1.82) is 0 Å². The zero-order valence-electron chi connectivity index (χ0n) is 10.6. The summed E-state index contributed by atoms with van der Waals surface area (Å²) in [6, 6.07) is 14.8. The Bertz CT molecular complexity index is 891. The average molecular weight is 244 g/mol. The first-order chi connectivity index (χ1) is 9.34. The van der Waals surface area contributed by atoms with E-state index < -0.39 is 0 Å². The van der Waals surface area contributed by atoms with Crippen molar-refractivity contribution in [3.63, 3.8) is 0 Å². The summed E-state index contributed by atoms with van der Waals surface area (Å²) < 4.78 is 0. The fourth-order valence-electron chi connectivity index (χ4n) is 2.74. The monoisotopic (exact) mass is 244 g/mol. The Morgan fingerprint density at radius 1 is 0.684 bits per heavy atom. The van der Waals surface area contributed by atoms with Gasteiger partial charge in [-0.05, 0) is 29.8 Å². The summed E-state index contributed by atoms with van der Waals surface area (Å²) in [5.74, 6) is 0. The highest BCUT2D eigenvalue weighted by Gasteiger charge is 2.09. The summed E-state index contributed by atoms with van der Waals surface area (Å²) in [5.41, 5.74) is 3.23. The molecule has 2 heterocycles. The Morgan fingerprint density at radius 3 is 2.00 bits per heavy atom. The summed E-state index contributed by atoms with van der Waals surface area (Å²) in [6.07, 6.45) is 3.66. The van der Waals surface area contributed by atoms with Gasteiger partial charge in [0.15, 0.2) is 0 Å². The second-order valence-electron chi connectivity index (χ2n) is 4.85. The molecule has 0 unspecified atom stereocenters. The normalized spacial score (nSPS) is 11.4. The van der Waals surface area contributed by atoms with Gasteiger partial charge in [-0.15, -0.1) is 0 Å². The molecule has 0 aliphatic rings. The van der Waals surface area contributed by atoms with Crippen molar-refractivity contribution < 1.29 is 0 Å². The Kier molecular flexibility index (Phi) is 2.06. The number of pyridine rings is 2. The van der Waals surface area contributed by atoms with Gasteiger partial charge in [0.25, 0.3) is 0 Å². The van der Waals surface area contributed by atoms with E-state index in [1.807, 2.05) is 24.5 Å². The second kappa shape index (κ2) is 3.75. The highest BCUT2D eigenvalue weighted by molar-refractivity contribution is 6.22. The van der Waals surface area contributed by atoms with Gasteiger partial charge in [0, 0.05) is 23.2 Å². The van der Waals surface area contributed by atoms with Crippen molar-refractivity contribution in [3.05, 3.63) is 60.4 Å². The van der Waals surface area contributed by atoms with Gasteiger partial charge in [-0.1, -0.05) is 35.9 Å². The average Bonchev–Trinajstić information content (AvgIpc) is 2.47. The largest absolute Gasteiger partial charge is 0.254 e.